The largest absolute Gasteiger partial charge is 0.496 e. The maximum Gasteiger partial charge on any atom is 0.253 e. The summed E-state index contributed by atoms with van der Waals surface area (Å²) in [5.41, 5.74) is 7.04. The second-order valence-corrected chi connectivity index (χ2v) is 4.38. The van der Waals surface area contributed by atoms with Crippen molar-refractivity contribution in [2.75, 3.05) is 7.11 Å². The Morgan fingerprint density at radius 2 is 2.26 bits per heavy atom. The molecule has 0 saturated heterocycles. The van der Waals surface area contributed by atoms with Crippen molar-refractivity contribution in [3.05, 3.63) is 58.3 Å². The molecule has 1 aromatic heterocycles. The summed E-state index contributed by atoms with van der Waals surface area (Å²) in [5.74, 6) is 0.677. The molecule has 19 heavy (non-hydrogen) atoms. The number of hydrogen-bond acceptors (Lipinski definition) is 4. The van der Waals surface area contributed by atoms with Gasteiger partial charge in [-0.1, -0.05) is 12.2 Å². The highest BCUT2D eigenvalue weighted by Gasteiger charge is 2.07. The van der Waals surface area contributed by atoms with Crippen molar-refractivity contribution in [1.82, 2.24) is 9.55 Å². The molecule has 0 aliphatic heterocycles. The molecule has 0 spiro atoms. The lowest BCUT2D eigenvalue weighted by Gasteiger charge is -2.11. The van der Waals surface area contributed by atoms with Crippen molar-refractivity contribution in [2.24, 2.45) is 5.73 Å². The van der Waals surface area contributed by atoms with Gasteiger partial charge in [-0.2, -0.15) is 0 Å². The van der Waals surface area contributed by atoms with Crippen LogP contribution in [0.2, 0.25) is 0 Å². The zero-order valence-electron chi connectivity index (χ0n) is 10.4. The van der Waals surface area contributed by atoms with Gasteiger partial charge in [0.1, 0.15) is 10.7 Å². The van der Waals surface area contributed by atoms with Crippen LogP contribution < -0.4 is 16.0 Å². The van der Waals surface area contributed by atoms with E-state index in [1.54, 1.807) is 19.2 Å². The van der Waals surface area contributed by atoms with Crippen LogP contribution in [-0.2, 0) is 6.54 Å². The lowest BCUT2D eigenvalue weighted by molar-refractivity contribution is 0.408. The van der Waals surface area contributed by atoms with Crippen molar-refractivity contribution in [2.45, 2.75) is 6.54 Å². The molecule has 0 bridgehead atoms. The standard InChI is InChI=1S/C13H13N3O2S/c1-18-11-3-2-9(13(14)19)6-10(11)7-16-8-15-5-4-12(16)17/h2-6,8H,7H2,1H3,(H2,14,19). The molecule has 0 saturated carbocycles. The highest BCUT2D eigenvalue weighted by Crippen LogP contribution is 2.20. The number of thiocarbonyl (C=S) groups is 1. The molecule has 0 aliphatic rings. The topological polar surface area (TPSA) is 70.1 Å². The van der Waals surface area contributed by atoms with Crippen LogP contribution in [0, 0.1) is 0 Å². The van der Waals surface area contributed by atoms with Crippen LogP contribution in [0.3, 0.4) is 0 Å². The minimum absolute atomic E-state index is 0.127. The van der Waals surface area contributed by atoms with E-state index in [0.717, 1.165) is 11.1 Å². The highest BCUT2D eigenvalue weighted by molar-refractivity contribution is 7.80. The van der Waals surface area contributed by atoms with Crippen molar-refractivity contribution >= 4 is 17.2 Å². The zero-order chi connectivity index (χ0) is 13.8. The number of nitrogens with two attached hydrogens (primary N) is 1. The molecule has 98 valence electrons. The molecule has 1 aromatic carbocycles. The molecule has 2 aromatic rings. The SMILES string of the molecule is COc1ccc(C(N)=S)cc1Cn1cnccc1=O. The molecule has 5 nitrogen and oxygen atoms in total. The lowest BCUT2D eigenvalue weighted by Crippen LogP contribution is -2.20. The van der Waals surface area contributed by atoms with Crippen LogP contribution in [0.15, 0.2) is 41.6 Å². The molecule has 2 N–H and O–H groups in total. The summed E-state index contributed by atoms with van der Waals surface area (Å²) in [6.45, 7) is 0.353. The maximum atomic E-state index is 11.7. The number of ether oxygens (including phenoxy) is 1. The van der Waals surface area contributed by atoms with Crippen LogP contribution in [0.25, 0.3) is 0 Å². The number of aromatic nitrogens is 2. The Kier molecular flexibility index (Phi) is 3.91. The second-order valence-electron chi connectivity index (χ2n) is 3.94. The van der Waals surface area contributed by atoms with Gasteiger partial charge in [-0.3, -0.25) is 9.36 Å². The van der Waals surface area contributed by atoms with Crippen LogP contribution >= 0.6 is 12.2 Å². The van der Waals surface area contributed by atoms with Gasteiger partial charge in [-0.15, -0.1) is 0 Å². The first-order valence-electron chi connectivity index (χ1n) is 5.59. The molecule has 0 radical (unpaired) electrons. The fraction of sp³-hybridized carbons (Fsp3) is 0.154. The summed E-state index contributed by atoms with van der Waals surface area (Å²) in [4.78, 5) is 15.9. The van der Waals surface area contributed by atoms with E-state index < -0.39 is 0 Å². The fourth-order valence-corrected chi connectivity index (χ4v) is 1.86. The van der Waals surface area contributed by atoms with E-state index >= 15 is 0 Å². The summed E-state index contributed by atoms with van der Waals surface area (Å²) >= 11 is 4.95. The van der Waals surface area contributed by atoms with E-state index in [2.05, 4.69) is 4.98 Å². The lowest BCUT2D eigenvalue weighted by atomic mass is 10.1. The van der Waals surface area contributed by atoms with Gasteiger partial charge >= 0.3 is 0 Å². The van der Waals surface area contributed by atoms with Gasteiger partial charge in [0.05, 0.1) is 20.0 Å². The molecule has 0 unspecified atom stereocenters. The van der Waals surface area contributed by atoms with Gasteiger partial charge in [-0.25, -0.2) is 4.98 Å². The van der Waals surface area contributed by atoms with E-state index in [9.17, 15) is 4.79 Å². The van der Waals surface area contributed by atoms with Gasteiger partial charge < -0.3 is 10.5 Å². The van der Waals surface area contributed by atoms with Crippen molar-refractivity contribution < 1.29 is 4.74 Å². The maximum absolute atomic E-state index is 11.7. The molecule has 2 rings (SSSR count). The Bertz CT molecular complexity index is 667. The third-order valence-electron chi connectivity index (χ3n) is 2.70. The predicted octanol–water partition coefficient (Wildman–Crippen LogP) is 0.934. The Hall–Kier alpha value is -2.21. The molecule has 0 atom stereocenters. The summed E-state index contributed by atoms with van der Waals surface area (Å²) in [6.07, 6.45) is 2.94. The summed E-state index contributed by atoms with van der Waals surface area (Å²) < 4.78 is 6.76. The third-order valence-corrected chi connectivity index (χ3v) is 2.93. The number of benzene rings is 1. The van der Waals surface area contributed by atoms with E-state index in [0.29, 0.717) is 17.3 Å². The van der Waals surface area contributed by atoms with Gasteiger partial charge in [0.25, 0.3) is 5.56 Å². The number of hydrogen-bond donors (Lipinski definition) is 1. The summed E-state index contributed by atoms with van der Waals surface area (Å²) in [5, 5.41) is 0. The van der Waals surface area contributed by atoms with E-state index in [1.165, 1.54) is 23.2 Å². The van der Waals surface area contributed by atoms with Crippen molar-refractivity contribution in [3.63, 3.8) is 0 Å². The summed E-state index contributed by atoms with van der Waals surface area (Å²) in [6, 6.07) is 6.80. The van der Waals surface area contributed by atoms with Gasteiger partial charge in [0.15, 0.2) is 0 Å². The highest BCUT2D eigenvalue weighted by atomic mass is 32.1. The Balaban J connectivity index is 2.43. The molecular weight excluding hydrogens is 262 g/mol. The first-order chi connectivity index (χ1) is 9.11. The van der Waals surface area contributed by atoms with E-state index in [1.807, 2.05) is 6.07 Å². The third kappa shape index (κ3) is 2.97. The Morgan fingerprint density at radius 1 is 1.47 bits per heavy atom. The van der Waals surface area contributed by atoms with Crippen LogP contribution in [0.5, 0.6) is 5.75 Å². The van der Waals surface area contributed by atoms with Crippen LogP contribution in [-0.4, -0.2) is 21.6 Å². The van der Waals surface area contributed by atoms with Gasteiger partial charge in [0.2, 0.25) is 0 Å². The second kappa shape index (κ2) is 5.62. The number of methoxy groups -OCH3 is 1. The molecule has 0 fully saturated rings. The first-order valence-corrected chi connectivity index (χ1v) is 6.00. The minimum atomic E-state index is -0.127. The quantitative estimate of drug-likeness (QED) is 0.841. The fourth-order valence-electron chi connectivity index (χ4n) is 1.74. The monoisotopic (exact) mass is 275 g/mol. The number of nitrogens with zero attached hydrogens (tertiary/aromatic N) is 2. The van der Waals surface area contributed by atoms with Crippen LogP contribution in [0.1, 0.15) is 11.1 Å². The van der Waals surface area contributed by atoms with Crippen LogP contribution in [0.4, 0.5) is 0 Å². The molecule has 1 heterocycles. The Labute approximate surface area is 115 Å². The summed E-state index contributed by atoms with van der Waals surface area (Å²) in [7, 11) is 1.57. The average molecular weight is 275 g/mol. The first kappa shape index (κ1) is 13.2. The average Bonchev–Trinajstić information content (AvgIpc) is 2.41. The molecular formula is C13H13N3O2S. The predicted molar refractivity (Wildman–Crippen MR) is 76.5 cm³/mol. The molecule has 0 amide bonds. The van der Waals surface area contributed by atoms with E-state index in [4.69, 9.17) is 22.7 Å². The van der Waals surface area contributed by atoms with Gasteiger partial charge in [0, 0.05) is 23.4 Å². The zero-order valence-corrected chi connectivity index (χ0v) is 11.2. The normalized spacial score (nSPS) is 10.2. The van der Waals surface area contributed by atoms with Gasteiger partial charge in [-0.05, 0) is 18.2 Å². The molecule has 0 aliphatic carbocycles. The number of rotatable bonds is 4. The van der Waals surface area contributed by atoms with Crippen molar-refractivity contribution in [1.29, 1.82) is 0 Å². The molecule has 6 heteroatoms. The Morgan fingerprint density at radius 3 is 2.89 bits per heavy atom. The van der Waals surface area contributed by atoms with E-state index in [-0.39, 0.29) is 5.56 Å². The minimum Gasteiger partial charge on any atom is -0.496 e. The van der Waals surface area contributed by atoms with Crippen molar-refractivity contribution in [3.8, 4) is 5.75 Å². The smallest absolute Gasteiger partial charge is 0.253 e.